The van der Waals surface area contributed by atoms with Crippen molar-refractivity contribution in [3.63, 3.8) is 0 Å². The average molecular weight is 268 g/mol. The fourth-order valence-corrected chi connectivity index (χ4v) is 2.68. The molecule has 1 aliphatic rings. The number of benzene rings is 1. The number of nitrogens with one attached hydrogen (secondary N) is 1. The van der Waals surface area contributed by atoms with Gasteiger partial charge in [-0.25, -0.2) is 0 Å². The van der Waals surface area contributed by atoms with Crippen LogP contribution in [0.25, 0.3) is 0 Å². The van der Waals surface area contributed by atoms with Gasteiger partial charge in [0.1, 0.15) is 0 Å². The van der Waals surface area contributed by atoms with Gasteiger partial charge in [-0.05, 0) is 36.1 Å². The molecule has 1 aromatic carbocycles. The lowest BCUT2D eigenvalue weighted by molar-refractivity contribution is 0.0409. The third-order valence-electron chi connectivity index (χ3n) is 3.89. The van der Waals surface area contributed by atoms with Crippen LogP contribution in [0.2, 0.25) is 0 Å². The number of nitrogens with zero attached hydrogens (tertiary/aromatic N) is 1. The highest BCUT2D eigenvalue weighted by Gasteiger charge is 2.20. The number of aromatic nitrogens is 1. The minimum atomic E-state index is 0.152. The van der Waals surface area contributed by atoms with E-state index < -0.39 is 0 Å². The number of ether oxygens (including phenoxy) is 1. The van der Waals surface area contributed by atoms with Gasteiger partial charge in [-0.3, -0.25) is 4.98 Å². The number of hydrogen-bond donors (Lipinski definition) is 1. The van der Waals surface area contributed by atoms with Crippen molar-refractivity contribution < 1.29 is 4.74 Å². The molecule has 0 saturated carbocycles. The van der Waals surface area contributed by atoms with Crippen molar-refractivity contribution in [2.75, 3.05) is 13.2 Å². The van der Waals surface area contributed by atoms with Gasteiger partial charge < -0.3 is 10.1 Å². The molecule has 2 atom stereocenters. The van der Waals surface area contributed by atoms with Crippen LogP contribution in [0.1, 0.15) is 35.8 Å². The lowest BCUT2D eigenvalue weighted by Gasteiger charge is -2.27. The van der Waals surface area contributed by atoms with Crippen LogP contribution in [0, 0.1) is 0 Å². The van der Waals surface area contributed by atoms with Crippen LogP contribution >= 0.6 is 0 Å². The van der Waals surface area contributed by atoms with E-state index in [1.165, 1.54) is 16.7 Å². The van der Waals surface area contributed by atoms with E-state index in [1.54, 1.807) is 6.20 Å². The maximum atomic E-state index is 5.91. The van der Waals surface area contributed by atoms with Crippen LogP contribution in [0.5, 0.6) is 0 Å². The molecule has 0 saturated heterocycles. The van der Waals surface area contributed by atoms with Gasteiger partial charge in [0, 0.05) is 25.0 Å². The van der Waals surface area contributed by atoms with E-state index in [2.05, 4.69) is 47.6 Å². The monoisotopic (exact) mass is 268 g/mol. The minimum Gasteiger partial charge on any atom is -0.372 e. The first kappa shape index (κ1) is 13.3. The maximum Gasteiger partial charge on any atom is 0.0952 e. The molecule has 0 spiro atoms. The molecule has 1 N–H and O–H groups in total. The van der Waals surface area contributed by atoms with E-state index in [0.29, 0.717) is 0 Å². The lowest BCUT2D eigenvalue weighted by atomic mass is 9.97. The van der Waals surface area contributed by atoms with E-state index >= 15 is 0 Å². The number of rotatable bonds is 4. The highest BCUT2D eigenvalue weighted by Crippen LogP contribution is 2.26. The Labute approximate surface area is 120 Å². The zero-order valence-corrected chi connectivity index (χ0v) is 11.8. The Hall–Kier alpha value is -1.71. The van der Waals surface area contributed by atoms with Gasteiger partial charge >= 0.3 is 0 Å². The summed E-state index contributed by atoms with van der Waals surface area (Å²) in [4.78, 5) is 4.17. The van der Waals surface area contributed by atoms with Crippen molar-refractivity contribution in [3.8, 4) is 0 Å². The summed E-state index contributed by atoms with van der Waals surface area (Å²) < 4.78 is 5.91. The van der Waals surface area contributed by atoms with Crippen LogP contribution in [-0.4, -0.2) is 18.1 Å². The SMILES string of the molecule is CC(NCC1OCCc2ccccc21)c1cccnc1. The fourth-order valence-electron chi connectivity index (χ4n) is 2.68. The summed E-state index contributed by atoms with van der Waals surface area (Å²) in [6, 6.07) is 12.9. The summed E-state index contributed by atoms with van der Waals surface area (Å²) in [7, 11) is 0. The van der Waals surface area contributed by atoms with Gasteiger partial charge in [-0.2, -0.15) is 0 Å². The summed E-state index contributed by atoms with van der Waals surface area (Å²) in [5, 5.41) is 3.54. The topological polar surface area (TPSA) is 34.1 Å². The Morgan fingerprint density at radius 3 is 3.05 bits per heavy atom. The van der Waals surface area contributed by atoms with Crippen molar-refractivity contribution in [2.45, 2.75) is 25.5 Å². The van der Waals surface area contributed by atoms with E-state index in [4.69, 9.17) is 4.74 Å². The Kier molecular flexibility index (Phi) is 4.09. The molecule has 2 aromatic rings. The zero-order chi connectivity index (χ0) is 13.8. The number of fused-ring (bicyclic) bond motifs is 1. The van der Waals surface area contributed by atoms with Crippen molar-refractivity contribution >= 4 is 0 Å². The van der Waals surface area contributed by atoms with Crippen LogP contribution in [0.3, 0.4) is 0 Å². The highest BCUT2D eigenvalue weighted by molar-refractivity contribution is 5.31. The first-order valence-corrected chi connectivity index (χ1v) is 7.17. The Balaban J connectivity index is 1.65. The predicted octanol–water partition coefficient (Wildman–Crippen LogP) is 3.05. The van der Waals surface area contributed by atoms with Crippen molar-refractivity contribution in [1.82, 2.24) is 10.3 Å². The van der Waals surface area contributed by atoms with Crippen molar-refractivity contribution in [1.29, 1.82) is 0 Å². The predicted molar refractivity (Wildman–Crippen MR) is 79.5 cm³/mol. The first-order valence-electron chi connectivity index (χ1n) is 7.17. The van der Waals surface area contributed by atoms with E-state index in [0.717, 1.165) is 19.6 Å². The summed E-state index contributed by atoms with van der Waals surface area (Å²) in [5.74, 6) is 0. The molecule has 20 heavy (non-hydrogen) atoms. The van der Waals surface area contributed by atoms with E-state index in [9.17, 15) is 0 Å². The zero-order valence-electron chi connectivity index (χ0n) is 11.8. The maximum absolute atomic E-state index is 5.91. The Morgan fingerprint density at radius 2 is 2.20 bits per heavy atom. The second kappa shape index (κ2) is 6.16. The fraction of sp³-hybridized carbons (Fsp3) is 0.353. The highest BCUT2D eigenvalue weighted by atomic mass is 16.5. The summed E-state index contributed by atoms with van der Waals surface area (Å²) in [6.45, 7) is 3.80. The summed E-state index contributed by atoms with van der Waals surface area (Å²) in [6.07, 6.45) is 4.88. The molecule has 2 heterocycles. The Morgan fingerprint density at radius 1 is 1.30 bits per heavy atom. The summed E-state index contributed by atoms with van der Waals surface area (Å²) >= 11 is 0. The average Bonchev–Trinajstić information content (AvgIpc) is 2.53. The Bertz CT molecular complexity index is 556. The van der Waals surface area contributed by atoms with Gasteiger partial charge in [0.25, 0.3) is 0 Å². The number of pyridine rings is 1. The minimum absolute atomic E-state index is 0.152. The van der Waals surface area contributed by atoms with Gasteiger partial charge in [0.05, 0.1) is 12.7 Å². The quantitative estimate of drug-likeness (QED) is 0.925. The largest absolute Gasteiger partial charge is 0.372 e. The second-order valence-corrected chi connectivity index (χ2v) is 5.22. The normalized spacial score (nSPS) is 19.4. The molecule has 0 bridgehead atoms. The molecule has 0 fully saturated rings. The molecular formula is C17H20N2O. The van der Waals surface area contributed by atoms with Crippen molar-refractivity contribution in [3.05, 3.63) is 65.5 Å². The number of hydrogen-bond acceptors (Lipinski definition) is 3. The third kappa shape index (κ3) is 2.89. The molecule has 3 nitrogen and oxygen atoms in total. The van der Waals surface area contributed by atoms with Gasteiger partial charge in [-0.1, -0.05) is 30.3 Å². The molecule has 0 radical (unpaired) electrons. The third-order valence-corrected chi connectivity index (χ3v) is 3.89. The van der Waals surface area contributed by atoms with Crippen LogP contribution in [0.15, 0.2) is 48.8 Å². The molecule has 3 rings (SSSR count). The molecule has 0 amide bonds. The standard InChI is InChI=1S/C17H20N2O/c1-13(15-6-4-9-18-11-15)19-12-17-16-7-3-2-5-14(16)8-10-20-17/h2-7,9,11,13,17,19H,8,10,12H2,1H3. The molecule has 2 unspecified atom stereocenters. The second-order valence-electron chi connectivity index (χ2n) is 5.22. The van der Waals surface area contributed by atoms with E-state index in [1.807, 2.05) is 12.3 Å². The van der Waals surface area contributed by atoms with Crippen molar-refractivity contribution in [2.24, 2.45) is 0 Å². The molecule has 1 aromatic heterocycles. The molecule has 104 valence electrons. The van der Waals surface area contributed by atoms with Crippen LogP contribution in [-0.2, 0) is 11.2 Å². The van der Waals surface area contributed by atoms with Gasteiger partial charge in [0.2, 0.25) is 0 Å². The molecule has 0 aliphatic carbocycles. The van der Waals surface area contributed by atoms with Gasteiger partial charge in [-0.15, -0.1) is 0 Å². The van der Waals surface area contributed by atoms with Gasteiger partial charge in [0.15, 0.2) is 0 Å². The van der Waals surface area contributed by atoms with Crippen LogP contribution < -0.4 is 5.32 Å². The molecular weight excluding hydrogens is 248 g/mol. The smallest absolute Gasteiger partial charge is 0.0952 e. The first-order chi connectivity index (χ1) is 9.84. The lowest BCUT2D eigenvalue weighted by Crippen LogP contribution is -2.29. The molecule has 3 heteroatoms. The van der Waals surface area contributed by atoms with E-state index in [-0.39, 0.29) is 12.1 Å². The molecule has 1 aliphatic heterocycles. The summed E-state index contributed by atoms with van der Waals surface area (Å²) in [5.41, 5.74) is 3.95. The van der Waals surface area contributed by atoms with Crippen LogP contribution in [0.4, 0.5) is 0 Å².